The number of rotatable bonds is 7. The molecule has 7 heteroatoms. The van der Waals surface area contributed by atoms with Crippen molar-refractivity contribution < 1.29 is 15.3 Å². The molecule has 0 fully saturated rings. The van der Waals surface area contributed by atoms with Crippen LogP contribution in [0.4, 0.5) is 0 Å². The fourth-order valence-electron chi connectivity index (χ4n) is 3.29. The van der Waals surface area contributed by atoms with Crippen molar-refractivity contribution in [3.8, 4) is 11.5 Å². The van der Waals surface area contributed by atoms with Crippen LogP contribution in [-0.4, -0.2) is 32.4 Å². The summed E-state index contributed by atoms with van der Waals surface area (Å²) in [5, 5.41) is 34.3. The van der Waals surface area contributed by atoms with E-state index in [0.29, 0.717) is 23.0 Å². The van der Waals surface area contributed by atoms with E-state index in [9.17, 15) is 20.1 Å². The van der Waals surface area contributed by atoms with Crippen molar-refractivity contribution in [1.82, 2.24) is 10.3 Å². The maximum atomic E-state index is 11.5. The number of pyridine rings is 1. The molecule has 6 nitrogen and oxygen atoms in total. The van der Waals surface area contributed by atoms with Gasteiger partial charge in [-0.15, -0.1) is 12.4 Å². The topological polar surface area (TPSA) is 106 Å². The molecule has 0 radical (unpaired) electrons. The molecule has 1 atom stereocenters. The molecule has 1 unspecified atom stereocenters. The van der Waals surface area contributed by atoms with Gasteiger partial charge in [-0.3, -0.25) is 4.79 Å². The van der Waals surface area contributed by atoms with Crippen LogP contribution in [0.1, 0.15) is 37.5 Å². The quantitative estimate of drug-likeness (QED) is 0.404. The molecule has 5 N–H and O–H groups in total. The third-order valence-electron chi connectivity index (χ3n) is 4.99. The molecule has 0 aliphatic carbocycles. The van der Waals surface area contributed by atoms with Gasteiger partial charge in [0.25, 0.3) is 0 Å². The lowest BCUT2D eigenvalue weighted by Gasteiger charge is -2.28. The van der Waals surface area contributed by atoms with Crippen molar-refractivity contribution >= 4 is 23.3 Å². The Morgan fingerprint density at radius 3 is 2.59 bits per heavy atom. The normalized spacial score (nSPS) is 12.5. The molecular formula is C22H27ClN2O4. The predicted molar refractivity (Wildman–Crippen MR) is 117 cm³/mol. The van der Waals surface area contributed by atoms with Crippen molar-refractivity contribution in [3.05, 3.63) is 70.0 Å². The first-order valence-electron chi connectivity index (χ1n) is 9.31. The smallest absolute Gasteiger partial charge is 0.248 e. The number of aliphatic hydroxyl groups is 1. The molecule has 0 aliphatic heterocycles. The van der Waals surface area contributed by atoms with Gasteiger partial charge in [-0.25, -0.2) is 0 Å². The van der Waals surface area contributed by atoms with E-state index in [1.807, 2.05) is 12.1 Å². The second-order valence-electron chi connectivity index (χ2n) is 7.74. The van der Waals surface area contributed by atoms with Crippen LogP contribution in [0.15, 0.2) is 53.3 Å². The molecule has 1 aromatic heterocycles. The van der Waals surface area contributed by atoms with Crippen LogP contribution in [-0.2, 0) is 6.42 Å². The summed E-state index contributed by atoms with van der Waals surface area (Å²) in [6, 6.07) is 13.4. The minimum Gasteiger partial charge on any atom is -0.508 e. The van der Waals surface area contributed by atoms with Gasteiger partial charge in [0.1, 0.15) is 11.5 Å². The Kier molecular flexibility index (Phi) is 7.30. The van der Waals surface area contributed by atoms with E-state index in [0.717, 1.165) is 18.4 Å². The second-order valence-corrected chi connectivity index (χ2v) is 7.74. The van der Waals surface area contributed by atoms with E-state index in [2.05, 4.69) is 24.1 Å². The molecule has 2 aromatic carbocycles. The van der Waals surface area contributed by atoms with Gasteiger partial charge in [0.15, 0.2) is 0 Å². The van der Waals surface area contributed by atoms with E-state index in [1.54, 1.807) is 24.3 Å². The van der Waals surface area contributed by atoms with Gasteiger partial charge in [0.2, 0.25) is 5.56 Å². The molecule has 0 spiro atoms. The summed E-state index contributed by atoms with van der Waals surface area (Å²) in [6.45, 7) is 4.45. The Morgan fingerprint density at radius 2 is 1.86 bits per heavy atom. The highest BCUT2D eigenvalue weighted by molar-refractivity contribution is 5.87. The third-order valence-corrected chi connectivity index (χ3v) is 4.99. The lowest BCUT2D eigenvalue weighted by atomic mass is 9.94. The van der Waals surface area contributed by atoms with Crippen molar-refractivity contribution in [1.29, 1.82) is 0 Å². The number of aryl methyl sites for hydroxylation is 1. The highest BCUT2D eigenvalue weighted by Gasteiger charge is 2.20. The first kappa shape index (κ1) is 22.7. The Labute approximate surface area is 175 Å². The van der Waals surface area contributed by atoms with Gasteiger partial charge in [-0.05, 0) is 62.1 Å². The lowest BCUT2D eigenvalue weighted by molar-refractivity contribution is 0.160. The van der Waals surface area contributed by atoms with Gasteiger partial charge in [-0.1, -0.05) is 18.2 Å². The highest BCUT2D eigenvalue weighted by Crippen LogP contribution is 2.29. The summed E-state index contributed by atoms with van der Waals surface area (Å²) >= 11 is 0. The zero-order valence-corrected chi connectivity index (χ0v) is 17.3. The van der Waals surface area contributed by atoms with Gasteiger partial charge < -0.3 is 25.6 Å². The van der Waals surface area contributed by atoms with Crippen molar-refractivity contribution in [2.75, 3.05) is 6.54 Å². The van der Waals surface area contributed by atoms with E-state index in [1.165, 1.54) is 12.1 Å². The van der Waals surface area contributed by atoms with Crippen molar-refractivity contribution in [3.63, 3.8) is 0 Å². The van der Waals surface area contributed by atoms with Crippen molar-refractivity contribution in [2.24, 2.45) is 0 Å². The minimum atomic E-state index is -0.797. The van der Waals surface area contributed by atoms with Crippen LogP contribution < -0.4 is 10.9 Å². The summed E-state index contributed by atoms with van der Waals surface area (Å²) in [6.07, 6.45) is 0.829. The number of fused-ring (bicyclic) bond motifs is 1. The van der Waals surface area contributed by atoms with E-state index in [-0.39, 0.29) is 35.0 Å². The highest BCUT2D eigenvalue weighted by atomic mass is 35.5. The van der Waals surface area contributed by atoms with E-state index < -0.39 is 6.10 Å². The van der Waals surface area contributed by atoms with Crippen LogP contribution in [0.2, 0.25) is 0 Å². The molecular weight excluding hydrogens is 392 g/mol. The predicted octanol–water partition coefficient (Wildman–Crippen LogP) is 3.40. The van der Waals surface area contributed by atoms with Crippen LogP contribution in [0.25, 0.3) is 10.9 Å². The molecule has 0 aliphatic rings. The standard InChI is InChI=1S/C22H26N2O4.ClH/c1-22(2,11-10-14-4-3-5-15(25)12-14)23-13-19(27)16-6-8-18(26)21-17(16)7-9-20(28)24-21;/h3-9,12,19,23,25-27H,10-11,13H2,1-2H3,(H,24,28);1H. The molecule has 3 aromatic rings. The van der Waals surface area contributed by atoms with E-state index >= 15 is 0 Å². The summed E-state index contributed by atoms with van der Waals surface area (Å²) < 4.78 is 0. The number of aromatic amines is 1. The number of aromatic hydroxyl groups is 2. The maximum absolute atomic E-state index is 11.5. The first-order chi connectivity index (χ1) is 13.2. The van der Waals surface area contributed by atoms with Crippen LogP contribution in [0.5, 0.6) is 11.5 Å². The number of phenols is 2. The molecule has 3 rings (SSSR count). The number of H-pyrrole nitrogens is 1. The number of nitrogens with one attached hydrogen (secondary N) is 2. The summed E-state index contributed by atoms with van der Waals surface area (Å²) in [4.78, 5) is 14.1. The largest absolute Gasteiger partial charge is 0.508 e. The molecule has 0 bridgehead atoms. The van der Waals surface area contributed by atoms with Gasteiger partial charge in [-0.2, -0.15) is 0 Å². The van der Waals surface area contributed by atoms with Gasteiger partial charge in [0.05, 0.1) is 11.6 Å². The number of β-amino-alcohol motifs (C(OH)–C–C–N with tert-alkyl or cyclic N) is 1. The fraction of sp³-hybridized carbons (Fsp3) is 0.318. The molecule has 0 saturated heterocycles. The Balaban J connectivity index is 0.00000300. The lowest BCUT2D eigenvalue weighted by Crippen LogP contribution is -2.42. The number of hydrogen-bond donors (Lipinski definition) is 5. The molecule has 0 amide bonds. The van der Waals surface area contributed by atoms with Crippen LogP contribution >= 0.6 is 12.4 Å². The Bertz CT molecular complexity index is 1030. The average molecular weight is 419 g/mol. The Morgan fingerprint density at radius 1 is 1.10 bits per heavy atom. The maximum Gasteiger partial charge on any atom is 0.248 e. The molecule has 1 heterocycles. The number of benzene rings is 2. The third kappa shape index (κ3) is 5.73. The number of aliphatic hydroxyl groups excluding tert-OH is 1. The van der Waals surface area contributed by atoms with Crippen molar-refractivity contribution in [2.45, 2.75) is 38.3 Å². The molecule has 0 saturated carbocycles. The monoisotopic (exact) mass is 418 g/mol. The summed E-state index contributed by atoms with van der Waals surface area (Å²) in [5.41, 5.74) is 1.49. The molecule has 156 valence electrons. The summed E-state index contributed by atoms with van der Waals surface area (Å²) in [7, 11) is 0. The summed E-state index contributed by atoms with van der Waals surface area (Å²) in [5.74, 6) is 0.235. The zero-order chi connectivity index (χ0) is 20.3. The Hall–Kier alpha value is -2.54. The number of halogens is 1. The van der Waals surface area contributed by atoms with E-state index in [4.69, 9.17) is 0 Å². The number of phenolic OH excluding ortho intramolecular Hbond substituents is 2. The minimum absolute atomic E-state index is 0. The van der Waals surface area contributed by atoms with Gasteiger partial charge >= 0.3 is 0 Å². The average Bonchev–Trinajstić information content (AvgIpc) is 2.65. The SMILES string of the molecule is CC(C)(CCc1cccc(O)c1)NCC(O)c1ccc(O)c2[nH]c(=O)ccc12.Cl. The number of hydrogen-bond acceptors (Lipinski definition) is 5. The van der Waals surface area contributed by atoms with Crippen LogP contribution in [0.3, 0.4) is 0 Å². The first-order valence-corrected chi connectivity index (χ1v) is 9.31. The number of aromatic nitrogens is 1. The van der Waals surface area contributed by atoms with Gasteiger partial charge in [0, 0.05) is 23.5 Å². The zero-order valence-electron chi connectivity index (χ0n) is 16.5. The second kappa shape index (κ2) is 9.31. The van der Waals surface area contributed by atoms with Crippen LogP contribution in [0, 0.1) is 0 Å². The fourth-order valence-corrected chi connectivity index (χ4v) is 3.29. The molecule has 29 heavy (non-hydrogen) atoms.